The predicted octanol–water partition coefficient (Wildman–Crippen LogP) is 2.45. The molecule has 3 heterocycles. The molecule has 4 aliphatic rings. The number of carbonyl (C=O) groups is 8. The molecule has 7 rings (SSSR count). The highest BCUT2D eigenvalue weighted by Crippen LogP contribution is 2.39. The SMILES string of the molecule is CC=CC1CC2C(=O)OC(C)C(NC(=O)C(CC3CC3N(O)O)NC(=O)c3ccc(Cl)n3O)C(=O)NC(Cc3ccccc3)C(=O)NC(CC3CC3N(O)O)C(=O)NC(C(C)c3ccccc3)C(=O)NC(C(C)CC)C(=O)N2C1. The van der Waals surface area contributed by atoms with Crippen molar-refractivity contribution in [2.24, 2.45) is 23.7 Å². The first-order valence-corrected chi connectivity index (χ1v) is 26.9. The molecule has 2 aliphatic heterocycles. The average molecular weight is 1120 g/mol. The molecule has 25 heteroatoms. The van der Waals surface area contributed by atoms with Crippen molar-refractivity contribution in [2.45, 2.75) is 146 Å². The third-order valence-corrected chi connectivity index (χ3v) is 15.8. The van der Waals surface area contributed by atoms with Gasteiger partial charge in [-0.2, -0.15) is 4.73 Å². The van der Waals surface area contributed by atoms with Crippen molar-refractivity contribution < 1.29 is 69.1 Å². The Morgan fingerprint density at radius 3 is 2.00 bits per heavy atom. The molecule has 15 unspecified atom stereocenters. The van der Waals surface area contributed by atoms with E-state index >= 15 is 9.59 Å². The van der Waals surface area contributed by atoms with E-state index in [0.717, 1.165) is 0 Å². The summed E-state index contributed by atoms with van der Waals surface area (Å²) in [6.07, 6.45) is 2.20. The van der Waals surface area contributed by atoms with Gasteiger partial charge in [0.1, 0.15) is 59.2 Å². The summed E-state index contributed by atoms with van der Waals surface area (Å²) in [6.45, 7) is 8.38. The maximum absolute atomic E-state index is 15.1. The molecule has 1 aromatic heterocycles. The number of nitrogens with one attached hydrogen (secondary N) is 6. The van der Waals surface area contributed by atoms with Crippen LogP contribution in [-0.4, -0.2) is 160 Å². The van der Waals surface area contributed by atoms with Gasteiger partial charge in [0.05, 0.1) is 12.1 Å². The van der Waals surface area contributed by atoms with Crippen LogP contribution in [0.15, 0.2) is 84.9 Å². The van der Waals surface area contributed by atoms with Crippen molar-refractivity contribution in [2.75, 3.05) is 6.54 Å². The van der Waals surface area contributed by atoms with Crippen molar-refractivity contribution in [3.8, 4) is 0 Å². The molecule has 15 atom stereocenters. The monoisotopic (exact) mass is 1120 g/mol. The number of allylic oxidation sites excluding steroid dienone is 1. The third-order valence-electron chi connectivity index (χ3n) is 15.5. The number of rotatable bonds is 17. The van der Waals surface area contributed by atoms with Gasteiger partial charge in [-0.3, -0.25) is 54.4 Å². The van der Waals surface area contributed by atoms with E-state index < -0.39 is 131 Å². The molecule has 0 spiro atoms. The molecule has 3 aromatic rings. The van der Waals surface area contributed by atoms with Crippen LogP contribution < -0.4 is 31.9 Å². The van der Waals surface area contributed by atoms with Gasteiger partial charge in [-0.15, -0.1) is 0 Å². The Bertz CT molecular complexity index is 2710. The highest BCUT2D eigenvalue weighted by atomic mass is 35.5. The van der Waals surface area contributed by atoms with E-state index in [4.69, 9.17) is 16.3 Å². The lowest BCUT2D eigenvalue weighted by molar-refractivity contribution is -0.316. The molecule has 2 saturated carbocycles. The van der Waals surface area contributed by atoms with Crippen LogP contribution in [0.5, 0.6) is 0 Å². The summed E-state index contributed by atoms with van der Waals surface area (Å²) in [5.74, 6) is -10.0. The fourth-order valence-electron chi connectivity index (χ4n) is 10.5. The van der Waals surface area contributed by atoms with E-state index in [9.17, 15) is 54.8 Å². The zero-order valence-corrected chi connectivity index (χ0v) is 45.2. The second-order valence-electron chi connectivity index (χ2n) is 21.1. The van der Waals surface area contributed by atoms with Crippen LogP contribution in [0.25, 0.3) is 0 Å². The van der Waals surface area contributed by atoms with Gasteiger partial charge in [0.2, 0.25) is 35.4 Å². The van der Waals surface area contributed by atoms with Gasteiger partial charge in [-0.05, 0) is 92.9 Å². The van der Waals surface area contributed by atoms with Crippen molar-refractivity contribution in [1.82, 2.24) is 52.0 Å². The second kappa shape index (κ2) is 26.4. The summed E-state index contributed by atoms with van der Waals surface area (Å²) >= 11 is 5.99. The quantitative estimate of drug-likeness (QED) is 0.0400. The first-order valence-electron chi connectivity index (χ1n) is 26.6. The molecule has 11 N–H and O–H groups in total. The van der Waals surface area contributed by atoms with E-state index in [1.807, 2.05) is 13.0 Å². The third kappa shape index (κ3) is 14.9. The lowest BCUT2D eigenvalue weighted by atomic mass is 9.91. The maximum atomic E-state index is 15.1. The van der Waals surface area contributed by atoms with Crippen molar-refractivity contribution >= 4 is 58.9 Å². The Balaban J connectivity index is 1.31. The smallest absolute Gasteiger partial charge is 0.329 e. The molecule has 24 nitrogen and oxygen atoms in total. The van der Waals surface area contributed by atoms with E-state index in [0.29, 0.717) is 22.3 Å². The summed E-state index contributed by atoms with van der Waals surface area (Å²) in [7, 11) is 0. The molecule has 2 aliphatic carbocycles. The number of hydrogen-bond acceptors (Lipinski definition) is 16. The summed E-state index contributed by atoms with van der Waals surface area (Å²) in [6, 6.07) is 7.67. The van der Waals surface area contributed by atoms with Crippen LogP contribution in [-0.2, 0) is 44.7 Å². The van der Waals surface area contributed by atoms with Crippen LogP contribution >= 0.6 is 11.6 Å². The number of halogens is 1. The summed E-state index contributed by atoms with van der Waals surface area (Å²) in [5, 5.41) is 65.9. The zero-order valence-electron chi connectivity index (χ0n) is 44.5. The summed E-state index contributed by atoms with van der Waals surface area (Å²) < 4.78 is 6.46. The number of aromatic nitrogens is 1. The molecule has 0 radical (unpaired) electrons. The number of esters is 1. The Morgan fingerprint density at radius 2 is 1.41 bits per heavy atom. The summed E-state index contributed by atoms with van der Waals surface area (Å²) in [5.41, 5.74) is 0.798. The molecule has 0 bridgehead atoms. The number of cyclic esters (lactones) is 1. The van der Waals surface area contributed by atoms with Crippen molar-refractivity contribution in [1.29, 1.82) is 0 Å². The van der Waals surface area contributed by atoms with Crippen LogP contribution in [0.2, 0.25) is 5.15 Å². The van der Waals surface area contributed by atoms with E-state index in [1.165, 1.54) is 24.0 Å². The first kappa shape index (κ1) is 59.7. The molecular weight excluding hydrogens is 1050 g/mol. The van der Waals surface area contributed by atoms with Crippen LogP contribution in [0.3, 0.4) is 0 Å². The van der Waals surface area contributed by atoms with Gasteiger partial charge in [0.15, 0.2) is 0 Å². The highest BCUT2D eigenvalue weighted by molar-refractivity contribution is 6.30. The minimum atomic E-state index is -1.88. The van der Waals surface area contributed by atoms with E-state index in [2.05, 4.69) is 31.9 Å². The topological polar surface area (TPSA) is 334 Å². The molecule has 4 fully saturated rings. The Labute approximate surface area is 461 Å². The highest BCUT2D eigenvalue weighted by Gasteiger charge is 2.49. The number of fused-ring (bicyclic) bond motifs is 1. The number of nitrogens with zero attached hydrogens (tertiary/aromatic N) is 4. The van der Waals surface area contributed by atoms with Crippen LogP contribution in [0, 0.1) is 23.7 Å². The van der Waals surface area contributed by atoms with Crippen molar-refractivity contribution in [3.63, 3.8) is 0 Å². The standard InChI is InChI=1S/C54H71ClN10O14/c1-6-14-32-22-42-54(73)79-30(5)46(61-49(68)38(24-35-26-41(35)65(77)78)57-50(69)39-19-20-43(55)63(39)74)52(71)58-36(21-31-15-10-8-11-16-31)47(66)56-37(23-34-25-40(34)64(75)76)48(67)60-45(29(4)33-17-12-9-13-18-33)51(70)59-44(28(3)7-2)53(72)62(42)27-32/h6,8-20,28-30,32,34-38,40-42,44-46,74-78H,7,21-27H2,1-5H3,(H,56,66)(H,57,69)(H,58,71)(H,59,70)(H,60,67)(H,61,68). The van der Waals surface area contributed by atoms with Crippen LogP contribution in [0.1, 0.15) is 101 Å². The lowest BCUT2D eigenvalue weighted by Crippen LogP contribution is -2.62. The Kier molecular flexibility index (Phi) is 19.9. The van der Waals surface area contributed by atoms with Gasteiger partial charge >= 0.3 is 5.97 Å². The normalized spacial score (nSPS) is 29.2. The largest absolute Gasteiger partial charge is 0.458 e. The molecule has 7 amide bonds. The maximum Gasteiger partial charge on any atom is 0.329 e. The Morgan fingerprint density at radius 1 is 0.797 bits per heavy atom. The molecule has 79 heavy (non-hydrogen) atoms. The first-order chi connectivity index (χ1) is 37.6. The van der Waals surface area contributed by atoms with Crippen LogP contribution in [0.4, 0.5) is 0 Å². The molecule has 2 saturated heterocycles. The number of amides is 7. The number of benzene rings is 2. The van der Waals surface area contributed by atoms with Gasteiger partial charge in [0, 0.05) is 18.9 Å². The van der Waals surface area contributed by atoms with E-state index in [-0.39, 0.29) is 72.3 Å². The van der Waals surface area contributed by atoms with Gasteiger partial charge < -0.3 is 46.7 Å². The van der Waals surface area contributed by atoms with Gasteiger partial charge in [-0.1, -0.05) is 122 Å². The average Bonchev–Trinajstić information content (AvgIpc) is 4.39. The second-order valence-corrected chi connectivity index (χ2v) is 21.5. The zero-order chi connectivity index (χ0) is 57.4. The minimum Gasteiger partial charge on any atom is -0.458 e. The minimum absolute atomic E-state index is 0.0182. The Hall–Kier alpha value is -6.93. The number of ether oxygens (including phenoxy) is 1. The van der Waals surface area contributed by atoms with E-state index in [1.54, 1.807) is 87.5 Å². The molecular formula is C54H71ClN10O14. The number of hydrogen-bond donors (Lipinski definition) is 11. The van der Waals surface area contributed by atoms with Crippen molar-refractivity contribution in [3.05, 3.63) is 107 Å². The predicted molar refractivity (Wildman–Crippen MR) is 280 cm³/mol. The molecule has 428 valence electrons. The van der Waals surface area contributed by atoms with Gasteiger partial charge in [-0.25, -0.2) is 4.79 Å². The molecule has 2 aromatic carbocycles. The fourth-order valence-corrected chi connectivity index (χ4v) is 10.6. The fraction of sp³-hybridized carbons (Fsp3) is 0.519. The summed E-state index contributed by atoms with van der Waals surface area (Å²) in [4.78, 5) is 119. The van der Waals surface area contributed by atoms with Gasteiger partial charge in [0.25, 0.3) is 5.91 Å². The lowest BCUT2D eigenvalue weighted by Gasteiger charge is -2.34. The number of carbonyl (C=O) groups excluding carboxylic acids is 8. The number of hydroxylamine groups is 4.